The van der Waals surface area contributed by atoms with Crippen molar-refractivity contribution >= 4 is 28.6 Å². The molecule has 1 atom stereocenters. The normalized spacial score (nSPS) is 15.9. The number of fused-ring (bicyclic) bond motifs is 1. The van der Waals surface area contributed by atoms with Crippen LogP contribution in [0.4, 0.5) is 0 Å². The van der Waals surface area contributed by atoms with E-state index >= 15 is 0 Å². The number of amides is 1. The molecule has 1 aliphatic heterocycles. The lowest BCUT2D eigenvalue weighted by Crippen LogP contribution is -2.50. The Labute approximate surface area is 186 Å². The van der Waals surface area contributed by atoms with Crippen LogP contribution >= 0.6 is 11.8 Å². The van der Waals surface area contributed by atoms with Gasteiger partial charge in [-0.05, 0) is 50.2 Å². The Morgan fingerprint density at radius 3 is 2.61 bits per heavy atom. The van der Waals surface area contributed by atoms with Crippen LogP contribution < -0.4 is 5.56 Å². The largest absolute Gasteiger partial charge is 0.339 e. The zero-order chi connectivity index (χ0) is 22.0. The Balaban J connectivity index is 1.69. The molecule has 1 aliphatic rings. The number of rotatable bonds is 5. The van der Waals surface area contributed by atoms with E-state index in [4.69, 9.17) is 4.98 Å². The fourth-order valence-electron chi connectivity index (χ4n) is 3.79. The maximum absolute atomic E-state index is 13.4. The van der Waals surface area contributed by atoms with Gasteiger partial charge in [0.05, 0.1) is 16.2 Å². The Bertz CT molecular complexity index is 1150. The molecule has 0 aliphatic carbocycles. The van der Waals surface area contributed by atoms with Gasteiger partial charge in [-0.15, -0.1) is 0 Å². The Hall–Kier alpha value is -2.71. The van der Waals surface area contributed by atoms with Gasteiger partial charge in [0, 0.05) is 32.4 Å². The molecule has 0 bridgehead atoms. The van der Waals surface area contributed by atoms with Crippen LogP contribution in [0.25, 0.3) is 16.7 Å². The van der Waals surface area contributed by atoms with Gasteiger partial charge in [-0.1, -0.05) is 30.8 Å². The smallest absolute Gasteiger partial charge is 0.267 e. The van der Waals surface area contributed by atoms with E-state index in [0.29, 0.717) is 21.9 Å². The molecule has 0 N–H and O–H groups in total. The van der Waals surface area contributed by atoms with Gasteiger partial charge in [0.1, 0.15) is 5.82 Å². The minimum Gasteiger partial charge on any atom is -0.339 e. The summed E-state index contributed by atoms with van der Waals surface area (Å²) in [6.07, 6.45) is 1.68. The summed E-state index contributed by atoms with van der Waals surface area (Å²) in [7, 11) is 0. The quantitative estimate of drug-likeness (QED) is 0.452. The number of hydrogen-bond acceptors (Lipinski definition) is 6. The highest BCUT2D eigenvalue weighted by molar-refractivity contribution is 8.00. The predicted molar refractivity (Wildman–Crippen MR) is 124 cm³/mol. The van der Waals surface area contributed by atoms with E-state index in [-0.39, 0.29) is 16.7 Å². The van der Waals surface area contributed by atoms with Crippen LogP contribution in [-0.4, -0.2) is 68.2 Å². The van der Waals surface area contributed by atoms with Crippen molar-refractivity contribution in [3.8, 4) is 5.82 Å². The number of piperazine rings is 1. The molecular formula is C23H27N5O2S. The third-order valence-corrected chi connectivity index (χ3v) is 6.68. The number of nitrogens with zero attached hydrogens (tertiary/aromatic N) is 5. The van der Waals surface area contributed by atoms with Crippen LogP contribution in [0.15, 0.2) is 52.5 Å². The summed E-state index contributed by atoms with van der Waals surface area (Å²) in [6, 6.07) is 11.0. The molecule has 3 aromatic rings. The second kappa shape index (κ2) is 9.20. The van der Waals surface area contributed by atoms with Crippen molar-refractivity contribution in [1.82, 2.24) is 24.3 Å². The monoisotopic (exact) mass is 437 g/mol. The highest BCUT2D eigenvalue weighted by Crippen LogP contribution is 2.26. The summed E-state index contributed by atoms with van der Waals surface area (Å²) in [6.45, 7) is 10.2. The van der Waals surface area contributed by atoms with Crippen molar-refractivity contribution in [2.24, 2.45) is 0 Å². The lowest BCUT2D eigenvalue weighted by molar-refractivity contribution is -0.132. The van der Waals surface area contributed by atoms with Gasteiger partial charge in [0.25, 0.3) is 5.56 Å². The van der Waals surface area contributed by atoms with Crippen molar-refractivity contribution in [2.75, 3.05) is 32.7 Å². The van der Waals surface area contributed by atoms with Crippen LogP contribution in [0.5, 0.6) is 0 Å². The lowest BCUT2D eigenvalue weighted by atomic mass is 10.2. The number of likely N-dealkylation sites (N-methyl/N-ethyl adjacent to an activating group) is 1. The number of para-hydroxylation sites is 1. The van der Waals surface area contributed by atoms with Crippen molar-refractivity contribution in [1.29, 1.82) is 0 Å². The fourth-order valence-corrected chi connectivity index (χ4v) is 4.79. The van der Waals surface area contributed by atoms with E-state index in [0.717, 1.165) is 38.3 Å². The standard InChI is InChI=1S/C23H27N5O2S/c1-4-26-11-13-27(14-12-26)21(29)17(3)31-23-25-19-8-6-5-7-18(19)22(30)28(23)20-15-16(2)9-10-24-20/h5-10,15,17H,4,11-14H2,1-3H3/t17-/m0/s1. The molecule has 8 heteroatoms. The van der Waals surface area contributed by atoms with Crippen molar-refractivity contribution < 1.29 is 4.79 Å². The Morgan fingerprint density at radius 2 is 1.90 bits per heavy atom. The molecule has 162 valence electrons. The molecule has 2 aromatic heterocycles. The number of aromatic nitrogens is 3. The van der Waals surface area contributed by atoms with Gasteiger partial charge in [-0.2, -0.15) is 0 Å². The van der Waals surface area contributed by atoms with Crippen LogP contribution in [0.1, 0.15) is 19.4 Å². The first kappa shape index (κ1) is 21.5. The number of pyridine rings is 1. The number of benzene rings is 1. The second-order valence-electron chi connectivity index (χ2n) is 7.76. The second-order valence-corrected chi connectivity index (χ2v) is 9.07. The fraction of sp³-hybridized carbons (Fsp3) is 0.391. The molecule has 0 unspecified atom stereocenters. The maximum atomic E-state index is 13.4. The zero-order valence-corrected chi connectivity index (χ0v) is 18.9. The molecular weight excluding hydrogens is 410 g/mol. The first-order valence-electron chi connectivity index (χ1n) is 10.6. The summed E-state index contributed by atoms with van der Waals surface area (Å²) < 4.78 is 1.53. The Kier molecular flexibility index (Phi) is 6.38. The molecule has 7 nitrogen and oxygen atoms in total. The summed E-state index contributed by atoms with van der Waals surface area (Å²) in [5, 5.41) is 0.650. The van der Waals surface area contributed by atoms with E-state index in [1.54, 1.807) is 12.3 Å². The van der Waals surface area contributed by atoms with Crippen LogP contribution in [0.2, 0.25) is 0 Å². The first-order valence-corrected chi connectivity index (χ1v) is 11.5. The summed E-state index contributed by atoms with van der Waals surface area (Å²) in [4.78, 5) is 39.9. The number of aryl methyl sites for hydroxylation is 1. The highest BCUT2D eigenvalue weighted by atomic mass is 32.2. The third kappa shape index (κ3) is 4.50. The molecule has 0 spiro atoms. The topological polar surface area (TPSA) is 71.3 Å². The van der Waals surface area contributed by atoms with Gasteiger partial charge < -0.3 is 9.80 Å². The average molecular weight is 438 g/mol. The average Bonchev–Trinajstić information content (AvgIpc) is 2.79. The molecule has 1 amide bonds. The van der Waals surface area contributed by atoms with Gasteiger partial charge in [-0.25, -0.2) is 14.5 Å². The summed E-state index contributed by atoms with van der Waals surface area (Å²) in [5.74, 6) is 0.592. The molecule has 4 rings (SSSR count). The van der Waals surface area contributed by atoms with Crippen LogP contribution in [0.3, 0.4) is 0 Å². The molecule has 0 saturated carbocycles. The minimum absolute atomic E-state index is 0.0758. The third-order valence-electron chi connectivity index (χ3n) is 5.64. The lowest BCUT2D eigenvalue weighted by Gasteiger charge is -2.35. The van der Waals surface area contributed by atoms with Crippen molar-refractivity contribution in [3.05, 3.63) is 58.5 Å². The summed E-state index contributed by atoms with van der Waals surface area (Å²) in [5.41, 5.74) is 1.44. The van der Waals surface area contributed by atoms with Crippen molar-refractivity contribution in [3.63, 3.8) is 0 Å². The first-order chi connectivity index (χ1) is 15.0. The Morgan fingerprint density at radius 1 is 1.16 bits per heavy atom. The van der Waals surface area contributed by atoms with Crippen LogP contribution in [0, 0.1) is 6.92 Å². The molecule has 31 heavy (non-hydrogen) atoms. The molecule has 1 fully saturated rings. The van der Waals surface area contributed by atoms with E-state index in [2.05, 4.69) is 16.8 Å². The number of hydrogen-bond donors (Lipinski definition) is 0. The predicted octanol–water partition coefficient (Wildman–Crippen LogP) is 2.73. The molecule has 1 aromatic carbocycles. The van der Waals surface area contributed by atoms with E-state index in [1.807, 2.05) is 49.1 Å². The summed E-state index contributed by atoms with van der Waals surface area (Å²) >= 11 is 1.32. The van der Waals surface area contributed by atoms with E-state index in [9.17, 15) is 9.59 Å². The SMILES string of the molecule is CCN1CCN(C(=O)[C@H](C)Sc2nc3ccccc3c(=O)n2-c2cc(C)ccn2)CC1. The molecule has 3 heterocycles. The molecule has 0 radical (unpaired) electrons. The van der Waals surface area contributed by atoms with Crippen LogP contribution in [-0.2, 0) is 4.79 Å². The minimum atomic E-state index is -0.364. The maximum Gasteiger partial charge on any atom is 0.267 e. The van der Waals surface area contributed by atoms with Crippen molar-refractivity contribution in [2.45, 2.75) is 31.2 Å². The van der Waals surface area contributed by atoms with Gasteiger partial charge in [0.15, 0.2) is 5.16 Å². The molecule has 1 saturated heterocycles. The highest BCUT2D eigenvalue weighted by Gasteiger charge is 2.27. The zero-order valence-electron chi connectivity index (χ0n) is 18.1. The van der Waals surface area contributed by atoms with Gasteiger partial charge in [0.2, 0.25) is 5.91 Å². The van der Waals surface area contributed by atoms with E-state index in [1.165, 1.54) is 16.3 Å². The number of thioether (sulfide) groups is 1. The number of carbonyl (C=O) groups excluding carboxylic acids is 1. The van der Waals surface area contributed by atoms with E-state index < -0.39 is 0 Å². The van der Waals surface area contributed by atoms with Gasteiger partial charge >= 0.3 is 0 Å². The van der Waals surface area contributed by atoms with Gasteiger partial charge in [-0.3, -0.25) is 9.59 Å². The number of carbonyl (C=O) groups is 1.